The lowest BCUT2D eigenvalue weighted by molar-refractivity contribution is -0.138. The van der Waals surface area contributed by atoms with Crippen molar-refractivity contribution in [2.75, 3.05) is 13.6 Å². The van der Waals surface area contributed by atoms with E-state index in [2.05, 4.69) is 10.1 Å². The summed E-state index contributed by atoms with van der Waals surface area (Å²) < 4.78 is 1.66. The van der Waals surface area contributed by atoms with Crippen LogP contribution in [0.5, 0.6) is 0 Å². The predicted octanol–water partition coefficient (Wildman–Crippen LogP) is -0.360. The third-order valence-corrected chi connectivity index (χ3v) is 1.78. The molecule has 0 bridgehead atoms. The SMILES string of the molecule is Cc1nc(CN(C)CC(=O)O)n(C)n1. The van der Waals surface area contributed by atoms with Gasteiger partial charge in [0, 0.05) is 7.05 Å². The molecule has 1 N–H and O–H groups in total. The Morgan fingerprint density at radius 2 is 2.29 bits per heavy atom. The van der Waals surface area contributed by atoms with E-state index in [0.717, 1.165) is 5.82 Å². The van der Waals surface area contributed by atoms with Crippen LogP contribution >= 0.6 is 0 Å². The van der Waals surface area contributed by atoms with Crippen molar-refractivity contribution in [3.8, 4) is 0 Å². The lowest BCUT2D eigenvalue weighted by atomic mass is 10.5. The van der Waals surface area contributed by atoms with Gasteiger partial charge in [0.25, 0.3) is 0 Å². The number of carboxylic acid groups (broad SMARTS) is 1. The van der Waals surface area contributed by atoms with Crippen LogP contribution in [-0.4, -0.2) is 44.3 Å². The van der Waals surface area contributed by atoms with Gasteiger partial charge < -0.3 is 5.11 Å². The van der Waals surface area contributed by atoms with Crippen LogP contribution in [0.25, 0.3) is 0 Å². The number of hydrogen-bond acceptors (Lipinski definition) is 4. The molecule has 78 valence electrons. The summed E-state index contributed by atoms with van der Waals surface area (Å²) in [6.45, 7) is 2.30. The second kappa shape index (κ2) is 4.19. The van der Waals surface area contributed by atoms with E-state index < -0.39 is 5.97 Å². The number of aliphatic carboxylic acids is 1. The van der Waals surface area contributed by atoms with E-state index >= 15 is 0 Å². The van der Waals surface area contributed by atoms with Crippen LogP contribution in [0, 0.1) is 6.92 Å². The summed E-state index contributed by atoms with van der Waals surface area (Å²) in [6.07, 6.45) is 0. The van der Waals surface area contributed by atoms with Crippen LogP contribution in [0.1, 0.15) is 11.6 Å². The second-order valence-corrected chi connectivity index (χ2v) is 3.26. The topological polar surface area (TPSA) is 71.2 Å². The minimum Gasteiger partial charge on any atom is -0.480 e. The molecule has 0 aromatic carbocycles. The van der Waals surface area contributed by atoms with E-state index in [1.165, 1.54) is 0 Å². The van der Waals surface area contributed by atoms with Gasteiger partial charge in [0.15, 0.2) is 0 Å². The summed E-state index contributed by atoms with van der Waals surface area (Å²) in [7, 11) is 3.53. The van der Waals surface area contributed by atoms with Crippen LogP contribution in [0.3, 0.4) is 0 Å². The molecule has 6 nitrogen and oxygen atoms in total. The first kappa shape index (κ1) is 10.6. The Labute approximate surface area is 82.2 Å². The summed E-state index contributed by atoms with van der Waals surface area (Å²) in [6, 6.07) is 0. The van der Waals surface area contributed by atoms with Gasteiger partial charge in [-0.1, -0.05) is 0 Å². The lowest BCUT2D eigenvalue weighted by Crippen LogP contribution is -2.26. The van der Waals surface area contributed by atoms with Gasteiger partial charge in [-0.25, -0.2) is 4.98 Å². The predicted molar refractivity (Wildman–Crippen MR) is 49.7 cm³/mol. The molecule has 0 unspecified atom stereocenters. The highest BCUT2D eigenvalue weighted by atomic mass is 16.4. The average molecular weight is 198 g/mol. The number of nitrogens with zero attached hydrogens (tertiary/aromatic N) is 4. The van der Waals surface area contributed by atoms with Crippen LogP contribution in [0.2, 0.25) is 0 Å². The Morgan fingerprint density at radius 1 is 1.64 bits per heavy atom. The first-order chi connectivity index (χ1) is 6.49. The quantitative estimate of drug-likeness (QED) is 0.715. The molecule has 1 heterocycles. The molecule has 6 heteroatoms. The van der Waals surface area contributed by atoms with Gasteiger partial charge in [-0.2, -0.15) is 5.10 Å². The Bertz CT molecular complexity index is 334. The number of aryl methyl sites for hydroxylation is 2. The maximum Gasteiger partial charge on any atom is 0.317 e. The van der Waals surface area contributed by atoms with Crippen molar-refractivity contribution in [2.24, 2.45) is 7.05 Å². The average Bonchev–Trinajstić information content (AvgIpc) is 2.28. The molecule has 0 aliphatic carbocycles. The first-order valence-corrected chi connectivity index (χ1v) is 4.26. The Hall–Kier alpha value is -1.43. The van der Waals surface area contributed by atoms with E-state index in [9.17, 15) is 4.79 Å². The van der Waals surface area contributed by atoms with Crippen molar-refractivity contribution in [3.63, 3.8) is 0 Å². The van der Waals surface area contributed by atoms with E-state index in [4.69, 9.17) is 5.11 Å². The van der Waals surface area contributed by atoms with Crippen molar-refractivity contribution >= 4 is 5.97 Å². The second-order valence-electron chi connectivity index (χ2n) is 3.26. The maximum atomic E-state index is 10.4. The third kappa shape index (κ3) is 2.81. The molecule has 1 aromatic heterocycles. The molecular weight excluding hydrogens is 184 g/mol. The molecule has 14 heavy (non-hydrogen) atoms. The van der Waals surface area contributed by atoms with Gasteiger partial charge >= 0.3 is 5.97 Å². The molecule has 0 atom stereocenters. The number of hydrogen-bond donors (Lipinski definition) is 1. The molecule has 0 aliphatic heterocycles. The number of likely N-dealkylation sites (N-methyl/N-ethyl adjacent to an activating group) is 1. The van der Waals surface area contributed by atoms with Gasteiger partial charge in [-0.15, -0.1) is 0 Å². The largest absolute Gasteiger partial charge is 0.480 e. The van der Waals surface area contributed by atoms with Gasteiger partial charge in [0.1, 0.15) is 11.6 Å². The molecule has 1 rings (SSSR count). The summed E-state index contributed by atoms with van der Waals surface area (Å²) in [5, 5.41) is 12.6. The number of rotatable bonds is 4. The molecule has 0 fully saturated rings. The van der Waals surface area contributed by atoms with Crippen LogP contribution in [-0.2, 0) is 18.4 Å². The molecule has 0 saturated heterocycles. The molecular formula is C8H14N4O2. The highest BCUT2D eigenvalue weighted by molar-refractivity contribution is 5.68. The van der Waals surface area contributed by atoms with Crippen molar-refractivity contribution < 1.29 is 9.90 Å². The van der Waals surface area contributed by atoms with Gasteiger partial charge in [0.05, 0.1) is 13.1 Å². The van der Waals surface area contributed by atoms with Crippen molar-refractivity contribution in [2.45, 2.75) is 13.5 Å². The number of aromatic nitrogens is 3. The third-order valence-electron chi connectivity index (χ3n) is 1.78. The Balaban J connectivity index is 2.59. The number of carbonyl (C=O) groups is 1. The Morgan fingerprint density at radius 3 is 2.71 bits per heavy atom. The molecule has 0 saturated carbocycles. The van der Waals surface area contributed by atoms with Gasteiger partial charge in [0.2, 0.25) is 0 Å². The standard InChI is InChI=1S/C8H14N4O2/c1-6-9-7(12(3)10-6)4-11(2)5-8(13)14/h4-5H2,1-3H3,(H,13,14). The van der Waals surface area contributed by atoms with Crippen LogP contribution in [0.4, 0.5) is 0 Å². The fourth-order valence-corrected chi connectivity index (χ4v) is 1.22. The fourth-order valence-electron chi connectivity index (χ4n) is 1.22. The summed E-state index contributed by atoms with van der Waals surface area (Å²) >= 11 is 0. The van der Waals surface area contributed by atoms with Crippen LogP contribution < -0.4 is 0 Å². The van der Waals surface area contributed by atoms with E-state index in [0.29, 0.717) is 12.4 Å². The minimum absolute atomic E-state index is 0.00586. The minimum atomic E-state index is -0.841. The van der Waals surface area contributed by atoms with Crippen molar-refractivity contribution in [1.82, 2.24) is 19.7 Å². The lowest BCUT2D eigenvalue weighted by Gasteiger charge is -2.12. The zero-order valence-electron chi connectivity index (χ0n) is 8.56. The maximum absolute atomic E-state index is 10.4. The number of carboxylic acids is 1. The summed E-state index contributed by atoms with van der Waals surface area (Å²) in [4.78, 5) is 16.3. The highest BCUT2D eigenvalue weighted by Gasteiger charge is 2.09. The fraction of sp³-hybridized carbons (Fsp3) is 0.625. The van der Waals surface area contributed by atoms with E-state index in [1.807, 2.05) is 0 Å². The summed E-state index contributed by atoms with van der Waals surface area (Å²) in [5.74, 6) is 0.629. The molecule has 0 aliphatic rings. The molecule has 1 aromatic rings. The summed E-state index contributed by atoms with van der Waals surface area (Å²) in [5.41, 5.74) is 0. The van der Waals surface area contributed by atoms with Crippen LogP contribution in [0.15, 0.2) is 0 Å². The Kier molecular flexibility index (Phi) is 3.19. The molecule has 0 radical (unpaired) electrons. The van der Waals surface area contributed by atoms with Crippen molar-refractivity contribution in [3.05, 3.63) is 11.6 Å². The zero-order valence-corrected chi connectivity index (χ0v) is 8.56. The zero-order chi connectivity index (χ0) is 10.7. The first-order valence-electron chi connectivity index (χ1n) is 4.26. The molecule has 0 amide bonds. The molecule has 0 spiro atoms. The van der Waals surface area contributed by atoms with Crippen molar-refractivity contribution in [1.29, 1.82) is 0 Å². The highest BCUT2D eigenvalue weighted by Crippen LogP contribution is 1.99. The monoisotopic (exact) mass is 198 g/mol. The van der Waals surface area contributed by atoms with Gasteiger partial charge in [-0.3, -0.25) is 14.4 Å². The van der Waals surface area contributed by atoms with Gasteiger partial charge in [-0.05, 0) is 14.0 Å². The van der Waals surface area contributed by atoms with E-state index in [1.54, 1.807) is 30.6 Å². The normalized spacial score (nSPS) is 10.9. The van der Waals surface area contributed by atoms with E-state index in [-0.39, 0.29) is 6.54 Å². The smallest absolute Gasteiger partial charge is 0.317 e.